The van der Waals surface area contributed by atoms with Gasteiger partial charge in [0.15, 0.2) is 0 Å². The number of carbonyl (C=O) groups excluding carboxylic acids is 1. The maximum atomic E-state index is 10.5. The molecule has 1 aliphatic carbocycles. The molecule has 0 aromatic carbocycles. The highest BCUT2D eigenvalue weighted by Crippen LogP contribution is 2.40. The Morgan fingerprint density at radius 2 is 1.52 bits per heavy atom. The van der Waals surface area contributed by atoms with E-state index in [4.69, 9.17) is 0 Å². The van der Waals surface area contributed by atoms with Crippen LogP contribution in [0, 0.1) is 5.41 Å². The average Bonchev–Trinajstić information content (AvgIpc) is 2.56. The summed E-state index contributed by atoms with van der Waals surface area (Å²) in [6.45, 7) is 12.4. The van der Waals surface area contributed by atoms with Crippen LogP contribution in [0.5, 0.6) is 0 Å². The molecule has 0 amide bonds. The van der Waals surface area contributed by atoms with Crippen molar-refractivity contribution in [3.8, 4) is 0 Å². The lowest BCUT2D eigenvalue weighted by atomic mass is 9.71. The Morgan fingerprint density at radius 1 is 0.963 bits per heavy atom. The quantitative estimate of drug-likeness (QED) is 0.331. The summed E-state index contributed by atoms with van der Waals surface area (Å²) in [6, 6.07) is 0. The monoisotopic (exact) mass is 366 g/mol. The highest BCUT2D eigenvalue weighted by atomic mass is 16.3. The highest BCUT2D eigenvalue weighted by molar-refractivity contribution is 5.72. The smallest absolute Gasteiger partial charge is 0.145 e. The summed E-state index contributed by atoms with van der Waals surface area (Å²) in [5, 5.41) is 9.99. The van der Waals surface area contributed by atoms with Crippen LogP contribution in [0.3, 0.4) is 0 Å². The Morgan fingerprint density at radius 3 is 2.11 bits per heavy atom. The molecule has 27 heavy (non-hydrogen) atoms. The Balaban J connectivity index is 2.74. The van der Waals surface area contributed by atoms with Crippen LogP contribution in [0.15, 0.2) is 82.5 Å². The lowest BCUT2D eigenvalue weighted by Crippen LogP contribution is -2.28. The van der Waals surface area contributed by atoms with E-state index >= 15 is 0 Å². The lowest BCUT2D eigenvalue weighted by molar-refractivity contribution is -0.104. The summed E-state index contributed by atoms with van der Waals surface area (Å²) >= 11 is 0. The normalized spacial score (nSPS) is 22.5. The minimum absolute atomic E-state index is 0.0106. The van der Waals surface area contributed by atoms with Gasteiger partial charge in [-0.25, -0.2) is 0 Å². The molecule has 2 nitrogen and oxygen atoms in total. The van der Waals surface area contributed by atoms with Crippen molar-refractivity contribution in [2.24, 2.45) is 5.41 Å². The number of hydrogen-bond acceptors (Lipinski definition) is 2. The van der Waals surface area contributed by atoms with Gasteiger partial charge in [-0.15, -0.1) is 0 Å². The van der Waals surface area contributed by atoms with E-state index < -0.39 is 0 Å². The molecule has 0 aromatic rings. The van der Waals surface area contributed by atoms with E-state index in [1.54, 1.807) is 13.0 Å². The molecule has 1 rings (SSSR count). The van der Waals surface area contributed by atoms with E-state index in [1.165, 1.54) is 16.7 Å². The molecule has 0 fully saturated rings. The van der Waals surface area contributed by atoms with Gasteiger partial charge < -0.3 is 5.11 Å². The molecule has 1 atom stereocenters. The maximum absolute atomic E-state index is 10.5. The van der Waals surface area contributed by atoms with Crippen molar-refractivity contribution in [2.75, 3.05) is 0 Å². The molecule has 146 valence electrons. The van der Waals surface area contributed by atoms with E-state index in [-0.39, 0.29) is 11.5 Å². The van der Waals surface area contributed by atoms with Gasteiger partial charge in [-0.05, 0) is 57.1 Å². The van der Waals surface area contributed by atoms with Crippen molar-refractivity contribution in [3.05, 3.63) is 82.5 Å². The summed E-state index contributed by atoms with van der Waals surface area (Å²) in [5.74, 6) is 0. The fraction of sp³-hybridized carbons (Fsp3) is 0.400. The third-order valence-corrected chi connectivity index (χ3v) is 4.72. The molecular weight excluding hydrogens is 332 g/mol. The molecule has 0 saturated heterocycles. The van der Waals surface area contributed by atoms with Crippen LogP contribution in [-0.4, -0.2) is 17.5 Å². The van der Waals surface area contributed by atoms with Crippen LogP contribution >= 0.6 is 0 Å². The van der Waals surface area contributed by atoms with Crippen LogP contribution in [0.1, 0.15) is 54.4 Å². The first-order chi connectivity index (χ1) is 12.7. The predicted molar refractivity (Wildman–Crippen MR) is 116 cm³/mol. The van der Waals surface area contributed by atoms with Crippen molar-refractivity contribution < 1.29 is 9.90 Å². The molecule has 0 spiro atoms. The Kier molecular flexibility index (Phi) is 9.17. The van der Waals surface area contributed by atoms with Gasteiger partial charge in [0.05, 0.1) is 6.10 Å². The summed E-state index contributed by atoms with van der Waals surface area (Å²) in [7, 11) is 0. The minimum Gasteiger partial charge on any atom is -0.393 e. The first-order valence-electron chi connectivity index (χ1n) is 9.54. The third-order valence-electron chi connectivity index (χ3n) is 4.72. The summed E-state index contributed by atoms with van der Waals surface area (Å²) in [5.41, 5.74) is 5.65. The second kappa shape index (κ2) is 10.8. The molecule has 0 aromatic heterocycles. The zero-order chi connectivity index (χ0) is 20.4. The second-order valence-electron chi connectivity index (χ2n) is 8.07. The van der Waals surface area contributed by atoms with E-state index in [2.05, 4.69) is 52.0 Å². The van der Waals surface area contributed by atoms with Gasteiger partial charge in [0, 0.05) is 0 Å². The Hall–Kier alpha value is -2.19. The van der Waals surface area contributed by atoms with Crippen LogP contribution in [-0.2, 0) is 4.79 Å². The molecular formula is C25H34O2. The summed E-state index contributed by atoms with van der Waals surface area (Å²) in [4.78, 5) is 10.5. The molecule has 2 heteroatoms. The molecule has 1 aliphatic rings. The van der Waals surface area contributed by atoms with E-state index in [0.717, 1.165) is 24.7 Å². The average molecular weight is 367 g/mol. The fourth-order valence-corrected chi connectivity index (χ4v) is 3.31. The zero-order valence-corrected chi connectivity index (χ0v) is 17.6. The Labute approximate surface area is 165 Å². The number of rotatable bonds is 7. The van der Waals surface area contributed by atoms with Gasteiger partial charge in [-0.2, -0.15) is 0 Å². The minimum atomic E-state index is -0.224. The number of hydrogen-bond donors (Lipinski definition) is 1. The van der Waals surface area contributed by atoms with Crippen molar-refractivity contribution in [1.82, 2.24) is 0 Å². The van der Waals surface area contributed by atoms with Gasteiger partial charge in [-0.1, -0.05) is 85.3 Å². The van der Waals surface area contributed by atoms with Gasteiger partial charge in [0.2, 0.25) is 0 Å². The van der Waals surface area contributed by atoms with Gasteiger partial charge >= 0.3 is 0 Å². The van der Waals surface area contributed by atoms with Crippen LogP contribution in [0.2, 0.25) is 0 Å². The van der Waals surface area contributed by atoms with Crippen LogP contribution < -0.4 is 0 Å². The van der Waals surface area contributed by atoms with E-state index in [9.17, 15) is 9.90 Å². The number of aldehydes is 1. The van der Waals surface area contributed by atoms with Crippen molar-refractivity contribution in [3.63, 3.8) is 0 Å². The van der Waals surface area contributed by atoms with E-state index in [1.807, 2.05) is 31.2 Å². The predicted octanol–water partition coefficient (Wildman–Crippen LogP) is 6.19. The molecule has 0 radical (unpaired) electrons. The third kappa shape index (κ3) is 8.36. The molecule has 1 N–H and O–H groups in total. The van der Waals surface area contributed by atoms with Crippen molar-refractivity contribution in [2.45, 2.75) is 60.5 Å². The number of allylic oxidation sites excluding steroid dienone is 13. The Bertz CT molecular complexity index is 734. The number of aliphatic hydroxyl groups is 1. The highest BCUT2D eigenvalue weighted by Gasteiger charge is 2.31. The standard InChI is InChI=1S/C25H34O2/c1-19(10-7-8-11-21(3)18-26)12-9-13-20(2)14-15-24-22(4)16-23(27)17-25(24,5)6/h7-15,18,23,27H,16-17H2,1-6H3/t23-/m0/s1. The largest absolute Gasteiger partial charge is 0.393 e. The molecule has 0 heterocycles. The van der Waals surface area contributed by atoms with E-state index in [0.29, 0.717) is 5.57 Å². The lowest BCUT2D eigenvalue weighted by Gasteiger charge is -2.35. The second-order valence-corrected chi connectivity index (χ2v) is 8.07. The SMILES string of the molecule is CC(C=O)=CC=CC=C(C)C=CC=C(C)C=CC1=C(C)C[C@H](O)CC1(C)C. The summed E-state index contributed by atoms with van der Waals surface area (Å²) < 4.78 is 0. The number of aliphatic hydroxyl groups excluding tert-OH is 1. The van der Waals surface area contributed by atoms with Gasteiger partial charge in [0.1, 0.15) is 6.29 Å². The van der Waals surface area contributed by atoms with Crippen molar-refractivity contribution >= 4 is 6.29 Å². The zero-order valence-electron chi connectivity index (χ0n) is 17.6. The molecule has 0 bridgehead atoms. The number of carbonyl (C=O) groups is 1. The first-order valence-corrected chi connectivity index (χ1v) is 9.54. The molecule has 0 unspecified atom stereocenters. The maximum Gasteiger partial charge on any atom is 0.145 e. The fourth-order valence-electron chi connectivity index (χ4n) is 3.31. The molecule has 0 saturated carbocycles. The van der Waals surface area contributed by atoms with Crippen LogP contribution in [0.4, 0.5) is 0 Å². The molecule has 0 aliphatic heterocycles. The van der Waals surface area contributed by atoms with Gasteiger partial charge in [0.25, 0.3) is 0 Å². The first kappa shape index (κ1) is 22.9. The topological polar surface area (TPSA) is 37.3 Å². The summed E-state index contributed by atoms with van der Waals surface area (Å²) in [6.07, 6.45) is 20.3. The van der Waals surface area contributed by atoms with Crippen molar-refractivity contribution in [1.29, 1.82) is 0 Å². The van der Waals surface area contributed by atoms with Crippen LogP contribution in [0.25, 0.3) is 0 Å². The van der Waals surface area contributed by atoms with Gasteiger partial charge in [-0.3, -0.25) is 4.79 Å².